The van der Waals surface area contributed by atoms with Gasteiger partial charge in [-0.25, -0.2) is 0 Å². The van der Waals surface area contributed by atoms with Crippen LogP contribution < -0.4 is 10.6 Å². The third-order valence-corrected chi connectivity index (χ3v) is 2.63. The van der Waals surface area contributed by atoms with Crippen molar-refractivity contribution in [2.45, 2.75) is 54.1 Å². The van der Waals surface area contributed by atoms with Crippen LogP contribution in [0, 0.1) is 11.3 Å². The molecule has 2 N–H and O–H groups in total. The molecule has 1 fully saturated rings. The SMILES string of the molecule is CC.CC(C)C1NCCC(C)(C)CN1. The van der Waals surface area contributed by atoms with E-state index < -0.39 is 0 Å². The summed E-state index contributed by atoms with van der Waals surface area (Å²) in [7, 11) is 0. The summed E-state index contributed by atoms with van der Waals surface area (Å²) in [5.41, 5.74) is 0.455. The second-order valence-electron chi connectivity index (χ2n) is 4.97. The summed E-state index contributed by atoms with van der Waals surface area (Å²) < 4.78 is 0. The predicted octanol–water partition coefficient (Wildman–Crippen LogP) is 2.60. The highest BCUT2D eigenvalue weighted by molar-refractivity contribution is 4.81. The lowest BCUT2D eigenvalue weighted by Gasteiger charge is -2.24. The molecule has 0 aliphatic carbocycles. The van der Waals surface area contributed by atoms with Gasteiger partial charge in [0.25, 0.3) is 0 Å². The zero-order valence-electron chi connectivity index (χ0n) is 10.8. The van der Waals surface area contributed by atoms with Crippen LogP contribution in [0.15, 0.2) is 0 Å². The lowest BCUT2D eigenvalue weighted by molar-refractivity contribution is 0.315. The van der Waals surface area contributed by atoms with E-state index >= 15 is 0 Å². The maximum absolute atomic E-state index is 3.56. The first-order valence-electron chi connectivity index (χ1n) is 5.98. The Morgan fingerprint density at radius 2 is 1.71 bits per heavy atom. The van der Waals surface area contributed by atoms with Crippen molar-refractivity contribution >= 4 is 0 Å². The molecule has 0 saturated carbocycles. The Labute approximate surface area is 89.9 Å². The summed E-state index contributed by atoms with van der Waals surface area (Å²) >= 11 is 0. The van der Waals surface area contributed by atoms with Crippen LogP contribution in [0.25, 0.3) is 0 Å². The summed E-state index contributed by atoms with van der Waals surface area (Å²) in [5.74, 6) is 0.680. The van der Waals surface area contributed by atoms with Gasteiger partial charge in [-0.15, -0.1) is 0 Å². The zero-order chi connectivity index (χ0) is 11.2. The van der Waals surface area contributed by atoms with E-state index in [0.29, 0.717) is 17.5 Å². The van der Waals surface area contributed by atoms with E-state index in [1.54, 1.807) is 0 Å². The van der Waals surface area contributed by atoms with Crippen LogP contribution in [-0.4, -0.2) is 19.3 Å². The largest absolute Gasteiger partial charge is 0.302 e. The van der Waals surface area contributed by atoms with Gasteiger partial charge in [-0.05, 0) is 24.3 Å². The fourth-order valence-corrected chi connectivity index (χ4v) is 1.58. The minimum Gasteiger partial charge on any atom is -0.302 e. The molecule has 0 radical (unpaired) electrons. The van der Waals surface area contributed by atoms with Gasteiger partial charge in [0.1, 0.15) is 0 Å². The Hall–Kier alpha value is -0.0800. The van der Waals surface area contributed by atoms with Crippen molar-refractivity contribution in [1.29, 1.82) is 0 Å². The molecule has 14 heavy (non-hydrogen) atoms. The Kier molecular flexibility index (Phi) is 6.38. The van der Waals surface area contributed by atoms with Crippen molar-refractivity contribution in [3.8, 4) is 0 Å². The lowest BCUT2D eigenvalue weighted by atomic mass is 9.90. The van der Waals surface area contributed by atoms with Gasteiger partial charge in [-0.2, -0.15) is 0 Å². The summed E-state index contributed by atoms with van der Waals surface area (Å²) in [6, 6.07) is 0. The normalized spacial score (nSPS) is 26.4. The van der Waals surface area contributed by atoms with E-state index in [9.17, 15) is 0 Å². The monoisotopic (exact) mass is 200 g/mol. The van der Waals surface area contributed by atoms with Crippen molar-refractivity contribution in [3.63, 3.8) is 0 Å². The molecule has 0 amide bonds. The van der Waals surface area contributed by atoms with E-state index in [1.807, 2.05) is 13.8 Å². The maximum Gasteiger partial charge on any atom is 0.0595 e. The lowest BCUT2D eigenvalue weighted by Crippen LogP contribution is -2.45. The molecule has 2 heteroatoms. The first-order chi connectivity index (χ1) is 6.51. The molecule has 0 bridgehead atoms. The second kappa shape index (κ2) is 6.41. The average Bonchev–Trinajstić information content (AvgIpc) is 2.30. The summed E-state index contributed by atoms with van der Waals surface area (Å²) in [5, 5.41) is 7.09. The highest BCUT2D eigenvalue weighted by Gasteiger charge is 2.24. The molecule has 1 unspecified atom stereocenters. The molecular weight excluding hydrogens is 172 g/mol. The standard InChI is InChI=1S/C10H22N2.C2H6/c1-8(2)9-11-6-5-10(3,4)7-12-9;1-2/h8-9,11-12H,5-7H2,1-4H3;1-2H3. The molecule has 1 rings (SSSR count). The number of hydrogen-bond acceptors (Lipinski definition) is 2. The van der Waals surface area contributed by atoms with Crippen LogP contribution in [0.2, 0.25) is 0 Å². The van der Waals surface area contributed by atoms with Crippen LogP contribution >= 0.6 is 0 Å². The van der Waals surface area contributed by atoms with Crippen molar-refractivity contribution in [1.82, 2.24) is 10.6 Å². The van der Waals surface area contributed by atoms with Gasteiger partial charge in [-0.1, -0.05) is 41.5 Å². The molecule has 86 valence electrons. The molecule has 0 aromatic carbocycles. The van der Waals surface area contributed by atoms with Gasteiger partial charge in [0, 0.05) is 6.54 Å². The maximum atomic E-state index is 3.56. The van der Waals surface area contributed by atoms with Crippen LogP contribution in [0.4, 0.5) is 0 Å². The van der Waals surface area contributed by atoms with Gasteiger partial charge in [0.2, 0.25) is 0 Å². The van der Waals surface area contributed by atoms with Crippen molar-refractivity contribution in [2.24, 2.45) is 11.3 Å². The molecule has 1 atom stereocenters. The number of nitrogens with one attached hydrogen (secondary N) is 2. The molecule has 1 aliphatic heterocycles. The molecule has 1 heterocycles. The fraction of sp³-hybridized carbons (Fsp3) is 1.00. The van der Waals surface area contributed by atoms with Crippen molar-refractivity contribution in [3.05, 3.63) is 0 Å². The second-order valence-corrected chi connectivity index (χ2v) is 4.97. The summed E-state index contributed by atoms with van der Waals surface area (Å²) in [6.45, 7) is 15.4. The van der Waals surface area contributed by atoms with E-state index in [0.717, 1.165) is 13.1 Å². The van der Waals surface area contributed by atoms with Crippen LogP contribution in [0.5, 0.6) is 0 Å². The topological polar surface area (TPSA) is 24.1 Å². The molecule has 2 nitrogen and oxygen atoms in total. The van der Waals surface area contributed by atoms with Crippen molar-refractivity contribution in [2.75, 3.05) is 13.1 Å². The molecule has 1 aliphatic rings. The zero-order valence-corrected chi connectivity index (χ0v) is 10.8. The highest BCUT2D eigenvalue weighted by Crippen LogP contribution is 2.20. The van der Waals surface area contributed by atoms with Gasteiger partial charge < -0.3 is 10.6 Å². The third kappa shape index (κ3) is 4.97. The number of hydrogen-bond donors (Lipinski definition) is 2. The van der Waals surface area contributed by atoms with Gasteiger partial charge in [-0.3, -0.25) is 0 Å². The number of rotatable bonds is 1. The minimum absolute atomic E-state index is 0.455. The molecular formula is C12H28N2. The van der Waals surface area contributed by atoms with E-state index in [-0.39, 0.29) is 0 Å². The van der Waals surface area contributed by atoms with Crippen LogP contribution in [0.1, 0.15) is 48.0 Å². The van der Waals surface area contributed by atoms with Gasteiger partial charge in [0.15, 0.2) is 0 Å². The Morgan fingerprint density at radius 3 is 2.21 bits per heavy atom. The predicted molar refractivity (Wildman–Crippen MR) is 64.4 cm³/mol. The summed E-state index contributed by atoms with van der Waals surface area (Å²) in [4.78, 5) is 0. The van der Waals surface area contributed by atoms with Crippen LogP contribution in [0.3, 0.4) is 0 Å². The minimum atomic E-state index is 0.455. The van der Waals surface area contributed by atoms with Gasteiger partial charge in [0.05, 0.1) is 6.17 Å². The quantitative estimate of drug-likeness (QED) is 0.680. The van der Waals surface area contributed by atoms with Crippen LogP contribution in [-0.2, 0) is 0 Å². The van der Waals surface area contributed by atoms with E-state index in [1.165, 1.54) is 6.42 Å². The smallest absolute Gasteiger partial charge is 0.0595 e. The molecule has 0 spiro atoms. The van der Waals surface area contributed by atoms with Gasteiger partial charge >= 0.3 is 0 Å². The first kappa shape index (κ1) is 13.9. The average molecular weight is 200 g/mol. The fourth-order valence-electron chi connectivity index (χ4n) is 1.58. The first-order valence-corrected chi connectivity index (χ1v) is 5.98. The highest BCUT2D eigenvalue weighted by atomic mass is 15.1. The Bertz CT molecular complexity index is 141. The Morgan fingerprint density at radius 1 is 1.14 bits per heavy atom. The molecule has 1 saturated heterocycles. The molecule has 0 aromatic heterocycles. The van der Waals surface area contributed by atoms with E-state index in [4.69, 9.17) is 0 Å². The van der Waals surface area contributed by atoms with E-state index in [2.05, 4.69) is 38.3 Å². The Balaban J connectivity index is 0.000000791. The van der Waals surface area contributed by atoms with Crippen molar-refractivity contribution < 1.29 is 0 Å². The third-order valence-electron chi connectivity index (χ3n) is 2.63. The summed E-state index contributed by atoms with van der Waals surface area (Å²) in [6.07, 6.45) is 1.77. The molecule has 0 aromatic rings.